The fourth-order valence-electron chi connectivity index (χ4n) is 2.12. The van der Waals surface area contributed by atoms with E-state index in [0.29, 0.717) is 0 Å². The molecule has 92 valence electrons. The van der Waals surface area contributed by atoms with Gasteiger partial charge in [0.15, 0.2) is 4.33 Å². The second kappa shape index (κ2) is 5.16. The number of halogens is 2. The molecule has 0 saturated carbocycles. The average molecular weight is 270 g/mol. The van der Waals surface area contributed by atoms with Crippen LogP contribution in [0.2, 0.25) is 0 Å². The fraction of sp³-hybridized carbons (Fsp3) is 0.286. The molecular weight excluding hydrogens is 253 g/mol. The lowest BCUT2D eigenvalue weighted by Gasteiger charge is -2.39. The molecule has 0 bridgehead atoms. The van der Waals surface area contributed by atoms with Crippen molar-refractivity contribution in [2.45, 2.75) is 18.2 Å². The highest BCUT2D eigenvalue weighted by Crippen LogP contribution is 2.48. The first-order chi connectivity index (χ1) is 7.95. The van der Waals surface area contributed by atoms with Gasteiger partial charge in [-0.15, -0.1) is 0 Å². The minimum Gasteiger partial charge on any atom is -0.344 e. The van der Waals surface area contributed by atoms with Crippen molar-refractivity contribution in [3.63, 3.8) is 0 Å². The van der Waals surface area contributed by atoms with Gasteiger partial charge in [-0.3, -0.25) is 0 Å². The van der Waals surface area contributed by atoms with E-state index in [9.17, 15) is 0 Å². The van der Waals surface area contributed by atoms with E-state index in [4.69, 9.17) is 23.2 Å². The SMILES string of the molecule is C=CC1=C(C=C)C(Cl)(Cl)C(=C/C)/C(=C\C)N1C. The molecule has 1 nitrogen and oxygen atoms in total. The number of alkyl halides is 2. The maximum atomic E-state index is 6.47. The summed E-state index contributed by atoms with van der Waals surface area (Å²) in [5.74, 6) is 0. The number of hydrogen-bond donors (Lipinski definition) is 0. The molecule has 0 radical (unpaired) electrons. The van der Waals surface area contributed by atoms with E-state index in [1.807, 2.05) is 37.9 Å². The van der Waals surface area contributed by atoms with E-state index in [-0.39, 0.29) is 0 Å². The Morgan fingerprint density at radius 3 is 2.06 bits per heavy atom. The smallest absolute Gasteiger partial charge is 0.171 e. The van der Waals surface area contributed by atoms with Crippen LogP contribution in [-0.4, -0.2) is 16.3 Å². The Kier molecular flexibility index (Phi) is 4.29. The van der Waals surface area contributed by atoms with Crippen molar-refractivity contribution in [2.75, 3.05) is 7.05 Å². The highest BCUT2D eigenvalue weighted by Gasteiger charge is 2.41. The summed E-state index contributed by atoms with van der Waals surface area (Å²) in [5, 5.41) is 0. The molecule has 0 aromatic rings. The van der Waals surface area contributed by atoms with Gasteiger partial charge < -0.3 is 4.90 Å². The first kappa shape index (κ1) is 14.1. The van der Waals surface area contributed by atoms with Crippen LogP contribution in [0.4, 0.5) is 0 Å². The normalized spacial score (nSPS) is 24.4. The van der Waals surface area contributed by atoms with Crippen LogP contribution in [0, 0.1) is 0 Å². The van der Waals surface area contributed by atoms with Gasteiger partial charge in [-0.05, 0) is 19.9 Å². The maximum absolute atomic E-state index is 6.47. The summed E-state index contributed by atoms with van der Waals surface area (Å²) in [5.41, 5.74) is 3.49. The van der Waals surface area contributed by atoms with Crippen LogP contribution in [0.3, 0.4) is 0 Å². The summed E-state index contributed by atoms with van der Waals surface area (Å²) in [7, 11) is 1.96. The van der Waals surface area contributed by atoms with Gasteiger partial charge in [0, 0.05) is 29.6 Å². The molecule has 0 N–H and O–H groups in total. The molecule has 0 spiro atoms. The van der Waals surface area contributed by atoms with Crippen LogP contribution in [0.15, 0.2) is 60.0 Å². The number of rotatable bonds is 2. The topological polar surface area (TPSA) is 3.24 Å². The van der Waals surface area contributed by atoms with Crippen molar-refractivity contribution >= 4 is 23.2 Å². The Hall–Kier alpha value is -0.920. The molecule has 3 heteroatoms. The van der Waals surface area contributed by atoms with Gasteiger partial charge in [0.25, 0.3) is 0 Å². The molecule has 0 saturated heterocycles. The lowest BCUT2D eigenvalue weighted by atomic mass is 9.93. The summed E-state index contributed by atoms with van der Waals surface area (Å²) >= 11 is 12.9. The van der Waals surface area contributed by atoms with Crippen LogP contribution in [-0.2, 0) is 0 Å². The van der Waals surface area contributed by atoms with Gasteiger partial charge >= 0.3 is 0 Å². The highest BCUT2D eigenvalue weighted by molar-refractivity contribution is 6.53. The quantitative estimate of drug-likeness (QED) is 0.664. The van der Waals surface area contributed by atoms with Gasteiger partial charge in [-0.1, -0.05) is 54.6 Å². The zero-order valence-corrected chi connectivity index (χ0v) is 11.9. The van der Waals surface area contributed by atoms with Crippen LogP contribution >= 0.6 is 23.2 Å². The third-order valence-electron chi connectivity index (χ3n) is 2.91. The predicted molar refractivity (Wildman–Crippen MR) is 77.1 cm³/mol. The number of hydrogen-bond acceptors (Lipinski definition) is 1. The monoisotopic (exact) mass is 269 g/mol. The number of nitrogens with zero attached hydrogens (tertiary/aromatic N) is 1. The third kappa shape index (κ3) is 2.10. The Balaban J connectivity index is 3.65. The average Bonchev–Trinajstić information content (AvgIpc) is 2.29. The summed E-state index contributed by atoms with van der Waals surface area (Å²) in [6.45, 7) is 11.5. The molecule has 0 fully saturated rings. The molecular formula is C14H17Cl2N. The zero-order chi connectivity index (χ0) is 13.2. The van der Waals surface area contributed by atoms with Crippen molar-refractivity contribution < 1.29 is 0 Å². The minimum atomic E-state index is -1.08. The molecule has 1 aliphatic rings. The lowest BCUT2D eigenvalue weighted by molar-refractivity contribution is 0.514. The molecule has 0 atom stereocenters. The molecule has 0 amide bonds. The standard InChI is InChI=1S/C14H17Cl2N/c1-6-10-12(8-3)17(5)13(9-4)11(7-2)14(10,15)16/h6-9H,1,3H2,2,4-5H3/b11-7+,13-9+. The number of allylic oxidation sites excluding steroid dienone is 6. The lowest BCUT2D eigenvalue weighted by Crippen LogP contribution is -2.35. The Morgan fingerprint density at radius 1 is 1.12 bits per heavy atom. The Bertz CT molecular complexity index is 439. The highest BCUT2D eigenvalue weighted by atomic mass is 35.5. The first-order valence-corrected chi connectivity index (χ1v) is 6.15. The van der Waals surface area contributed by atoms with Crippen LogP contribution in [0.5, 0.6) is 0 Å². The second-order valence-electron chi connectivity index (χ2n) is 3.72. The molecule has 0 aromatic heterocycles. The summed E-state index contributed by atoms with van der Waals surface area (Å²) in [6.07, 6.45) is 7.34. The van der Waals surface area contributed by atoms with Gasteiger partial charge in [0.1, 0.15) is 0 Å². The molecule has 1 aliphatic heterocycles. The summed E-state index contributed by atoms with van der Waals surface area (Å²) in [4.78, 5) is 2.02. The molecule has 1 rings (SSSR count). The fourth-order valence-corrected chi connectivity index (χ4v) is 2.88. The molecule has 0 aromatic carbocycles. The van der Waals surface area contributed by atoms with Crippen molar-refractivity contribution in [2.24, 2.45) is 0 Å². The van der Waals surface area contributed by atoms with Crippen molar-refractivity contribution in [1.82, 2.24) is 4.90 Å². The largest absolute Gasteiger partial charge is 0.344 e. The minimum absolute atomic E-state index is 0.761. The van der Waals surface area contributed by atoms with Gasteiger partial charge in [0.05, 0.1) is 0 Å². The van der Waals surface area contributed by atoms with Crippen molar-refractivity contribution in [3.8, 4) is 0 Å². The van der Waals surface area contributed by atoms with E-state index in [1.165, 1.54) is 0 Å². The van der Waals surface area contributed by atoms with E-state index in [2.05, 4.69) is 13.2 Å². The zero-order valence-electron chi connectivity index (χ0n) is 10.4. The predicted octanol–water partition coefficient (Wildman–Crippen LogP) is 4.58. The molecule has 1 heterocycles. The van der Waals surface area contributed by atoms with E-state index >= 15 is 0 Å². The molecule has 0 aliphatic carbocycles. The van der Waals surface area contributed by atoms with Crippen molar-refractivity contribution in [1.29, 1.82) is 0 Å². The summed E-state index contributed by atoms with van der Waals surface area (Å²) in [6, 6.07) is 0. The second-order valence-corrected chi connectivity index (χ2v) is 5.04. The van der Waals surface area contributed by atoms with Crippen LogP contribution in [0.1, 0.15) is 13.8 Å². The van der Waals surface area contributed by atoms with Crippen LogP contribution < -0.4 is 0 Å². The maximum Gasteiger partial charge on any atom is 0.171 e. The van der Waals surface area contributed by atoms with E-state index < -0.39 is 4.33 Å². The third-order valence-corrected chi connectivity index (χ3v) is 3.73. The summed E-state index contributed by atoms with van der Waals surface area (Å²) < 4.78 is -1.08. The van der Waals surface area contributed by atoms with Crippen molar-refractivity contribution in [3.05, 3.63) is 60.0 Å². The number of likely N-dealkylation sites (N-methyl/N-ethyl adjacent to an activating group) is 1. The van der Waals surface area contributed by atoms with E-state index in [1.54, 1.807) is 12.2 Å². The van der Waals surface area contributed by atoms with Crippen LogP contribution in [0.25, 0.3) is 0 Å². The Labute approximate surface area is 113 Å². The first-order valence-electron chi connectivity index (χ1n) is 5.40. The van der Waals surface area contributed by atoms with Gasteiger partial charge in [0.2, 0.25) is 0 Å². The molecule has 0 unspecified atom stereocenters. The Morgan fingerprint density at radius 2 is 1.71 bits per heavy atom. The van der Waals surface area contributed by atoms with E-state index in [0.717, 1.165) is 22.5 Å². The van der Waals surface area contributed by atoms with Gasteiger partial charge in [-0.2, -0.15) is 0 Å². The molecule has 17 heavy (non-hydrogen) atoms. The van der Waals surface area contributed by atoms with Gasteiger partial charge in [-0.25, -0.2) is 0 Å².